The lowest BCUT2D eigenvalue weighted by molar-refractivity contribution is 0.0437. The molecular formula is C27H31F4N3O. The number of hydrogen-bond donors (Lipinski definition) is 1. The standard InChI is InChI=1S/C27H31F4N3O/c1-3-17-13-33(14-17)8-9-35-18-11-21(28)25(22(29)12-18)27-26-20(10-16(2)34(27)15-24(30)31)19-6-4-5-7-23(19)32-26/h4-7,11-12,16-17,24,27,32H,3,8-10,13-15H2,1-2H3/t16-,27-/m1/s1. The first-order valence-corrected chi connectivity index (χ1v) is 12.3. The van der Waals surface area contributed by atoms with Crippen LogP contribution in [0, 0.1) is 17.6 Å². The normalized spacial score (nSPS) is 21.5. The number of ether oxygens (including phenoxy) is 1. The number of nitrogens with one attached hydrogen (secondary N) is 1. The lowest BCUT2D eigenvalue weighted by Gasteiger charge is -2.41. The number of fused-ring (bicyclic) bond motifs is 3. The first-order valence-electron chi connectivity index (χ1n) is 12.3. The molecule has 4 nitrogen and oxygen atoms in total. The van der Waals surface area contributed by atoms with E-state index in [-0.39, 0.29) is 17.4 Å². The second kappa shape index (κ2) is 9.82. The number of H-pyrrole nitrogens is 1. The number of rotatable bonds is 8. The number of aromatic amines is 1. The van der Waals surface area contributed by atoms with Crippen molar-refractivity contribution in [2.24, 2.45) is 5.92 Å². The average molecular weight is 490 g/mol. The highest BCUT2D eigenvalue weighted by atomic mass is 19.3. The number of hydrogen-bond acceptors (Lipinski definition) is 3. The number of likely N-dealkylation sites (tertiary alicyclic amines) is 1. The van der Waals surface area contributed by atoms with Gasteiger partial charge >= 0.3 is 0 Å². The topological polar surface area (TPSA) is 31.5 Å². The molecule has 2 atom stereocenters. The molecule has 2 aliphatic rings. The molecule has 3 heterocycles. The highest BCUT2D eigenvalue weighted by molar-refractivity contribution is 5.85. The summed E-state index contributed by atoms with van der Waals surface area (Å²) < 4.78 is 63.7. The fraction of sp³-hybridized carbons (Fsp3) is 0.481. The maximum atomic E-state index is 15.5. The minimum Gasteiger partial charge on any atom is -0.492 e. The van der Waals surface area contributed by atoms with Crippen molar-refractivity contribution in [3.63, 3.8) is 0 Å². The van der Waals surface area contributed by atoms with Crippen LogP contribution in [0.3, 0.4) is 0 Å². The molecule has 2 aliphatic heterocycles. The van der Waals surface area contributed by atoms with E-state index in [9.17, 15) is 8.78 Å². The highest BCUT2D eigenvalue weighted by Gasteiger charge is 2.39. The number of halogens is 4. The van der Waals surface area contributed by atoms with E-state index in [2.05, 4.69) is 16.8 Å². The molecule has 2 aromatic carbocycles. The summed E-state index contributed by atoms with van der Waals surface area (Å²) in [6.45, 7) is 6.49. The molecule has 0 aliphatic carbocycles. The second-order valence-electron chi connectivity index (χ2n) is 9.79. The fourth-order valence-corrected chi connectivity index (χ4v) is 5.58. The molecule has 0 radical (unpaired) electrons. The predicted octanol–water partition coefficient (Wildman–Crippen LogP) is 5.77. The minimum atomic E-state index is -2.63. The van der Waals surface area contributed by atoms with Crippen molar-refractivity contribution in [3.8, 4) is 5.75 Å². The van der Waals surface area contributed by atoms with E-state index in [4.69, 9.17) is 4.74 Å². The average Bonchev–Trinajstić information content (AvgIpc) is 3.14. The molecule has 0 spiro atoms. The third-order valence-electron chi connectivity index (χ3n) is 7.48. The van der Waals surface area contributed by atoms with E-state index < -0.39 is 30.6 Å². The van der Waals surface area contributed by atoms with Crippen molar-refractivity contribution in [1.82, 2.24) is 14.8 Å². The lowest BCUT2D eigenvalue weighted by Crippen LogP contribution is -2.47. The predicted molar refractivity (Wildman–Crippen MR) is 128 cm³/mol. The van der Waals surface area contributed by atoms with Crippen LogP contribution in [0.5, 0.6) is 5.75 Å². The summed E-state index contributed by atoms with van der Waals surface area (Å²) in [6.07, 6.45) is -0.966. The number of para-hydroxylation sites is 1. The van der Waals surface area contributed by atoms with Crippen LogP contribution in [-0.2, 0) is 6.42 Å². The molecule has 0 saturated carbocycles. The third-order valence-corrected chi connectivity index (χ3v) is 7.48. The Morgan fingerprint density at radius 3 is 2.51 bits per heavy atom. The van der Waals surface area contributed by atoms with Crippen molar-refractivity contribution in [2.75, 3.05) is 32.8 Å². The molecule has 35 heavy (non-hydrogen) atoms. The van der Waals surface area contributed by atoms with Gasteiger partial charge in [-0.15, -0.1) is 0 Å². The van der Waals surface area contributed by atoms with Gasteiger partial charge < -0.3 is 9.72 Å². The zero-order chi connectivity index (χ0) is 24.7. The summed E-state index contributed by atoms with van der Waals surface area (Å²) in [4.78, 5) is 7.02. The molecule has 0 bridgehead atoms. The molecule has 3 aromatic rings. The zero-order valence-corrected chi connectivity index (χ0v) is 20.0. The van der Waals surface area contributed by atoms with Crippen LogP contribution in [0.1, 0.15) is 43.1 Å². The Hall–Kier alpha value is -2.58. The minimum absolute atomic E-state index is 0.109. The molecule has 188 valence electrons. The third kappa shape index (κ3) is 4.66. The Bertz CT molecular complexity index is 1170. The Morgan fingerprint density at radius 2 is 1.83 bits per heavy atom. The molecule has 1 fully saturated rings. The molecule has 0 unspecified atom stereocenters. The van der Waals surface area contributed by atoms with Crippen LogP contribution in [-0.4, -0.2) is 60.0 Å². The number of aromatic nitrogens is 1. The summed E-state index contributed by atoms with van der Waals surface area (Å²) in [6, 6.07) is 8.64. The van der Waals surface area contributed by atoms with E-state index in [0.29, 0.717) is 31.2 Å². The van der Waals surface area contributed by atoms with Gasteiger partial charge in [0.1, 0.15) is 24.0 Å². The van der Waals surface area contributed by atoms with Gasteiger partial charge in [0.15, 0.2) is 0 Å². The van der Waals surface area contributed by atoms with Crippen molar-refractivity contribution in [1.29, 1.82) is 0 Å². The van der Waals surface area contributed by atoms with Crippen LogP contribution >= 0.6 is 0 Å². The molecule has 1 saturated heterocycles. The van der Waals surface area contributed by atoms with Crippen molar-refractivity contribution in [2.45, 2.75) is 45.2 Å². The van der Waals surface area contributed by atoms with Crippen molar-refractivity contribution >= 4 is 10.9 Å². The summed E-state index contributed by atoms with van der Waals surface area (Å²) >= 11 is 0. The van der Waals surface area contributed by atoms with Crippen LogP contribution in [0.2, 0.25) is 0 Å². The van der Waals surface area contributed by atoms with Gasteiger partial charge in [0.05, 0.1) is 12.6 Å². The van der Waals surface area contributed by atoms with Gasteiger partial charge in [0, 0.05) is 60.0 Å². The van der Waals surface area contributed by atoms with E-state index >= 15 is 8.78 Å². The van der Waals surface area contributed by atoms with Crippen LogP contribution in [0.25, 0.3) is 10.9 Å². The van der Waals surface area contributed by atoms with Gasteiger partial charge in [0.25, 0.3) is 6.43 Å². The van der Waals surface area contributed by atoms with E-state index in [1.54, 1.807) is 0 Å². The van der Waals surface area contributed by atoms with Gasteiger partial charge in [-0.3, -0.25) is 9.80 Å². The van der Waals surface area contributed by atoms with Crippen molar-refractivity contribution < 1.29 is 22.3 Å². The van der Waals surface area contributed by atoms with Gasteiger partial charge in [-0.25, -0.2) is 17.6 Å². The van der Waals surface area contributed by atoms with Gasteiger partial charge in [-0.1, -0.05) is 31.5 Å². The number of nitrogens with zero attached hydrogens (tertiary/aromatic N) is 2. The Labute approximate surface area is 202 Å². The van der Waals surface area contributed by atoms with E-state index in [1.807, 2.05) is 31.2 Å². The van der Waals surface area contributed by atoms with Gasteiger partial charge in [-0.05, 0) is 30.9 Å². The molecule has 1 aromatic heterocycles. The fourth-order valence-electron chi connectivity index (χ4n) is 5.58. The number of alkyl halides is 2. The Kier molecular flexibility index (Phi) is 6.77. The molecular weight excluding hydrogens is 458 g/mol. The summed E-state index contributed by atoms with van der Waals surface area (Å²) in [5.41, 5.74) is 2.08. The first-order chi connectivity index (χ1) is 16.9. The van der Waals surface area contributed by atoms with Crippen LogP contribution in [0.15, 0.2) is 36.4 Å². The SMILES string of the molecule is CCC1CN(CCOc2cc(F)c([C@@H]3c4[nH]c5ccccc5c4C[C@@H](C)N3CC(F)F)c(F)c2)C1. The number of benzene rings is 2. The van der Waals surface area contributed by atoms with E-state index in [1.165, 1.54) is 17.0 Å². The summed E-state index contributed by atoms with van der Waals surface area (Å²) in [5, 5.41) is 0.952. The maximum Gasteiger partial charge on any atom is 0.251 e. The second-order valence-corrected chi connectivity index (χ2v) is 9.79. The molecule has 8 heteroatoms. The molecule has 0 amide bonds. The van der Waals surface area contributed by atoms with E-state index in [0.717, 1.165) is 36.0 Å². The maximum absolute atomic E-state index is 15.5. The van der Waals surface area contributed by atoms with Gasteiger partial charge in [0.2, 0.25) is 0 Å². The van der Waals surface area contributed by atoms with Crippen molar-refractivity contribution in [3.05, 3.63) is 64.9 Å². The smallest absolute Gasteiger partial charge is 0.251 e. The van der Waals surface area contributed by atoms with Gasteiger partial charge in [-0.2, -0.15) is 0 Å². The quantitative estimate of drug-likeness (QED) is 0.408. The van der Waals surface area contributed by atoms with Crippen LogP contribution in [0.4, 0.5) is 17.6 Å². The monoisotopic (exact) mass is 489 g/mol. The largest absolute Gasteiger partial charge is 0.492 e. The first kappa shape index (κ1) is 24.1. The molecule has 1 N–H and O–H groups in total. The van der Waals surface area contributed by atoms with Crippen LogP contribution < -0.4 is 4.74 Å². The summed E-state index contributed by atoms with van der Waals surface area (Å²) in [5.74, 6) is -0.763. The Balaban J connectivity index is 1.45. The highest BCUT2D eigenvalue weighted by Crippen LogP contribution is 2.43. The lowest BCUT2D eigenvalue weighted by atomic mass is 9.88. The molecule has 5 rings (SSSR count). The summed E-state index contributed by atoms with van der Waals surface area (Å²) in [7, 11) is 0. The zero-order valence-electron chi connectivity index (χ0n) is 20.0. The Morgan fingerprint density at radius 1 is 1.11 bits per heavy atom.